The van der Waals surface area contributed by atoms with Crippen molar-refractivity contribution < 1.29 is 0 Å². The van der Waals surface area contributed by atoms with Crippen molar-refractivity contribution in [3.05, 3.63) is 28.8 Å². The van der Waals surface area contributed by atoms with Crippen molar-refractivity contribution in [3.8, 4) is 0 Å². The number of halogens is 1. The maximum Gasteiger partial charge on any atom is 0.0471 e. The highest BCUT2D eigenvalue weighted by atomic mass is 35.5. The molecule has 2 nitrogen and oxygen atoms in total. The molecule has 19 heavy (non-hydrogen) atoms. The van der Waals surface area contributed by atoms with Gasteiger partial charge in [-0.2, -0.15) is 0 Å². The Hall–Kier alpha value is -0.730. The lowest BCUT2D eigenvalue weighted by atomic mass is 9.91. The summed E-state index contributed by atoms with van der Waals surface area (Å²) in [4.78, 5) is 2.40. The molecule has 3 heteroatoms. The second-order valence-corrected chi connectivity index (χ2v) is 6.37. The molecule has 1 fully saturated rings. The van der Waals surface area contributed by atoms with Crippen molar-refractivity contribution in [1.29, 1.82) is 0 Å². The van der Waals surface area contributed by atoms with Gasteiger partial charge in [-0.05, 0) is 43.9 Å². The van der Waals surface area contributed by atoms with E-state index in [0.29, 0.717) is 12.0 Å². The Morgan fingerprint density at radius 1 is 1.37 bits per heavy atom. The predicted octanol–water partition coefficient (Wildman–Crippen LogP) is 4.07. The van der Waals surface area contributed by atoms with Crippen LogP contribution in [0, 0.1) is 5.92 Å². The Morgan fingerprint density at radius 3 is 2.68 bits per heavy atom. The van der Waals surface area contributed by atoms with Crippen molar-refractivity contribution in [2.24, 2.45) is 5.92 Å². The van der Waals surface area contributed by atoms with Crippen molar-refractivity contribution in [2.75, 3.05) is 18.5 Å². The van der Waals surface area contributed by atoms with Gasteiger partial charge >= 0.3 is 0 Å². The molecule has 0 aliphatic heterocycles. The molecular weight excluding hydrogens is 256 g/mol. The van der Waals surface area contributed by atoms with Gasteiger partial charge in [-0.3, -0.25) is 0 Å². The van der Waals surface area contributed by atoms with Crippen LogP contribution < -0.4 is 10.2 Å². The van der Waals surface area contributed by atoms with Crippen LogP contribution in [0.15, 0.2) is 18.2 Å². The van der Waals surface area contributed by atoms with Crippen LogP contribution in [-0.4, -0.2) is 19.6 Å². The molecule has 0 unspecified atom stereocenters. The summed E-state index contributed by atoms with van der Waals surface area (Å²) in [6.07, 6.45) is 3.97. The smallest absolute Gasteiger partial charge is 0.0471 e. The number of hydrogen-bond donors (Lipinski definition) is 1. The first-order valence-corrected chi connectivity index (χ1v) is 7.68. The maximum atomic E-state index is 6.39. The fourth-order valence-corrected chi connectivity index (χ4v) is 2.75. The number of rotatable bonds is 6. The van der Waals surface area contributed by atoms with Gasteiger partial charge in [-0.25, -0.2) is 0 Å². The van der Waals surface area contributed by atoms with E-state index < -0.39 is 0 Å². The largest absolute Gasteiger partial charge is 0.371 e. The highest BCUT2D eigenvalue weighted by Gasteiger charge is 2.24. The topological polar surface area (TPSA) is 15.3 Å². The molecule has 1 N–H and O–H groups in total. The van der Waals surface area contributed by atoms with Gasteiger partial charge < -0.3 is 10.2 Å². The summed E-state index contributed by atoms with van der Waals surface area (Å²) >= 11 is 6.39. The molecule has 2 rings (SSSR count). The third-order valence-corrected chi connectivity index (χ3v) is 4.31. The standard InChI is InChI=1S/C16H25ClN2/c1-12(2)10-18-11-14-15(17)8-5-9-16(14)19(3)13-6-4-7-13/h5,8-9,12-13,18H,4,6-7,10-11H2,1-3H3. The Labute approximate surface area is 122 Å². The first-order chi connectivity index (χ1) is 9.09. The average molecular weight is 281 g/mol. The Bertz CT molecular complexity index is 413. The van der Waals surface area contributed by atoms with E-state index in [1.807, 2.05) is 6.07 Å². The Kier molecular flexibility index (Phi) is 5.12. The van der Waals surface area contributed by atoms with Gasteiger partial charge in [0.1, 0.15) is 0 Å². The molecule has 0 atom stereocenters. The molecule has 1 saturated carbocycles. The quantitative estimate of drug-likeness (QED) is 0.845. The van der Waals surface area contributed by atoms with E-state index in [4.69, 9.17) is 11.6 Å². The van der Waals surface area contributed by atoms with Crippen LogP contribution in [0.5, 0.6) is 0 Å². The third-order valence-electron chi connectivity index (χ3n) is 3.95. The van der Waals surface area contributed by atoms with Gasteiger partial charge in [0.25, 0.3) is 0 Å². The summed E-state index contributed by atoms with van der Waals surface area (Å²) in [7, 11) is 2.20. The summed E-state index contributed by atoms with van der Waals surface area (Å²) in [6, 6.07) is 6.93. The first kappa shape index (κ1) is 14.7. The molecule has 1 aromatic rings. The molecule has 1 aliphatic carbocycles. The van der Waals surface area contributed by atoms with E-state index in [1.54, 1.807) is 0 Å². The zero-order chi connectivity index (χ0) is 13.8. The number of hydrogen-bond acceptors (Lipinski definition) is 2. The predicted molar refractivity (Wildman–Crippen MR) is 84.0 cm³/mol. The minimum atomic E-state index is 0.662. The van der Waals surface area contributed by atoms with Crippen LogP contribution in [0.4, 0.5) is 5.69 Å². The molecule has 1 aromatic carbocycles. The van der Waals surface area contributed by atoms with Gasteiger partial charge in [-0.1, -0.05) is 31.5 Å². The van der Waals surface area contributed by atoms with Crippen LogP contribution in [0.3, 0.4) is 0 Å². The zero-order valence-electron chi connectivity index (χ0n) is 12.2. The van der Waals surface area contributed by atoms with E-state index in [1.165, 1.54) is 30.5 Å². The molecule has 106 valence electrons. The number of anilines is 1. The van der Waals surface area contributed by atoms with Crippen molar-refractivity contribution in [2.45, 2.75) is 45.7 Å². The summed E-state index contributed by atoms with van der Waals surface area (Å²) < 4.78 is 0. The minimum absolute atomic E-state index is 0.662. The number of nitrogens with one attached hydrogen (secondary N) is 1. The van der Waals surface area contributed by atoms with Crippen molar-refractivity contribution in [1.82, 2.24) is 5.32 Å². The fourth-order valence-electron chi connectivity index (χ4n) is 2.51. The molecular formula is C16H25ClN2. The first-order valence-electron chi connectivity index (χ1n) is 7.30. The van der Waals surface area contributed by atoms with Crippen molar-refractivity contribution in [3.63, 3.8) is 0 Å². The summed E-state index contributed by atoms with van der Waals surface area (Å²) in [5.41, 5.74) is 2.52. The highest BCUT2D eigenvalue weighted by Crippen LogP contribution is 2.33. The molecule has 0 spiro atoms. The number of benzene rings is 1. The normalized spacial score (nSPS) is 15.6. The van der Waals surface area contributed by atoms with Crippen LogP contribution in [-0.2, 0) is 6.54 Å². The average Bonchev–Trinajstić information content (AvgIpc) is 2.28. The summed E-state index contributed by atoms with van der Waals surface area (Å²) in [5.74, 6) is 0.662. The lowest BCUT2D eigenvalue weighted by Crippen LogP contribution is -2.38. The second-order valence-electron chi connectivity index (χ2n) is 5.96. The fraction of sp³-hybridized carbons (Fsp3) is 0.625. The van der Waals surface area contributed by atoms with Gasteiger partial charge in [0, 0.05) is 35.9 Å². The van der Waals surface area contributed by atoms with Gasteiger partial charge in [-0.15, -0.1) is 0 Å². The minimum Gasteiger partial charge on any atom is -0.371 e. The van der Waals surface area contributed by atoms with Crippen LogP contribution in [0.1, 0.15) is 38.7 Å². The van der Waals surface area contributed by atoms with Gasteiger partial charge in [0.05, 0.1) is 0 Å². The van der Waals surface area contributed by atoms with E-state index in [0.717, 1.165) is 18.1 Å². The lowest BCUT2D eigenvalue weighted by molar-refractivity contribution is 0.400. The van der Waals surface area contributed by atoms with Crippen LogP contribution in [0.2, 0.25) is 5.02 Å². The SMILES string of the molecule is CC(C)CNCc1c(Cl)cccc1N(C)C1CCC1. The molecule has 0 bridgehead atoms. The van der Waals surface area contributed by atoms with E-state index in [2.05, 4.69) is 43.2 Å². The number of nitrogens with zero attached hydrogens (tertiary/aromatic N) is 1. The molecule has 0 amide bonds. The molecule has 1 aliphatic rings. The highest BCUT2D eigenvalue weighted by molar-refractivity contribution is 6.31. The van der Waals surface area contributed by atoms with E-state index in [-0.39, 0.29) is 0 Å². The second kappa shape index (κ2) is 6.62. The maximum absolute atomic E-state index is 6.39. The third kappa shape index (κ3) is 3.64. The Balaban J connectivity index is 2.10. The monoisotopic (exact) mass is 280 g/mol. The molecule has 0 heterocycles. The van der Waals surface area contributed by atoms with Gasteiger partial charge in [0.15, 0.2) is 0 Å². The Morgan fingerprint density at radius 2 is 2.11 bits per heavy atom. The molecule has 0 radical (unpaired) electrons. The molecule has 0 saturated heterocycles. The zero-order valence-corrected chi connectivity index (χ0v) is 13.0. The van der Waals surface area contributed by atoms with Crippen LogP contribution >= 0.6 is 11.6 Å². The van der Waals surface area contributed by atoms with Crippen molar-refractivity contribution >= 4 is 17.3 Å². The van der Waals surface area contributed by atoms with Crippen LogP contribution in [0.25, 0.3) is 0 Å². The van der Waals surface area contributed by atoms with E-state index >= 15 is 0 Å². The summed E-state index contributed by atoms with van der Waals surface area (Å²) in [5, 5.41) is 4.38. The van der Waals surface area contributed by atoms with Gasteiger partial charge in [0.2, 0.25) is 0 Å². The van der Waals surface area contributed by atoms with E-state index in [9.17, 15) is 0 Å². The lowest BCUT2D eigenvalue weighted by Gasteiger charge is -2.37. The molecule has 0 aromatic heterocycles. The summed E-state index contributed by atoms with van der Waals surface area (Å²) in [6.45, 7) is 6.32.